The van der Waals surface area contributed by atoms with Crippen LogP contribution >= 0.6 is 11.9 Å². The van der Waals surface area contributed by atoms with E-state index in [1.165, 1.54) is 0 Å². The number of carbonyl (C=O) groups is 1. The van der Waals surface area contributed by atoms with Crippen LogP contribution in [0.15, 0.2) is 34.9 Å². The highest BCUT2D eigenvalue weighted by atomic mass is 32.2. The van der Waals surface area contributed by atoms with Gasteiger partial charge in [-0.15, -0.1) is 0 Å². The summed E-state index contributed by atoms with van der Waals surface area (Å²) < 4.78 is 0. The molecule has 0 aromatic carbocycles. The van der Waals surface area contributed by atoms with Crippen LogP contribution in [0.4, 0.5) is 0 Å². The summed E-state index contributed by atoms with van der Waals surface area (Å²) >= 11 is 1.01. The molecule has 0 unspecified atom stereocenters. The summed E-state index contributed by atoms with van der Waals surface area (Å²) in [7, 11) is 0. The fourth-order valence-electron chi connectivity index (χ4n) is 0.584. The zero-order chi connectivity index (χ0) is 9.56. The maximum atomic E-state index is 10.2. The molecule has 0 aromatic rings. The second kappa shape index (κ2) is 5.62. The minimum atomic E-state index is 0.460. The van der Waals surface area contributed by atoms with Crippen molar-refractivity contribution in [3.8, 4) is 0 Å². The molecule has 0 aliphatic rings. The van der Waals surface area contributed by atoms with Crippen LogP contribution in [-0.2, 0) is 4.79 Å². The van der Waals surface area contributed by atoms with Crippen molar-refractivity contribution in [2.45, 2.75) is 6.92 Å². The van der Waals surface area contributed by atoms with Crippen LogP contribution in [0, 0.1) is 0 Å². The minimum Gasteiger partial charge on any atom is -0.398 e. The van der Waals surface area contributed by atoms with Gasteiger partial charge in [0, 0.05) is 10.6 Å². The molecule has 0 atom stereocenters. The third-order valence-corrected chi connectivity index (χ3v) is 1.82. The molecule has 4 N–H and O–H groups in total. The average Bonchev–Trinajstić information content (AvgIpc) is 2.06. The Balaban J connectivity index is 4.75. The Labute approximate surface area is 76.3 Å². The second-order valence-corrected chi connectivity index (χ2v) is 2.82. The maximum absolute atomic E-state index is 10.2. The van der Waals surface area contributed by atoms with E-state index in [-0.39, 0.29) is 0 Å². The molecule has 0 aliphatic heterocycles. The molecule has 3 nitrogen and oxygen atoms in total. The highest BCUT2D eigenvalue weighted by molar-refractivity contribution is 8.01. The van der Waals surface area contributed by atoms with E-state index in [0.29, 0.717) is 16.2 Å². The van der Waals surface area contributed by atoms with Gasteiger partial charge in [-0.25, -0.2) is 0 Å². The Morgan fingerprint density at radius 2 is 2.17 bits per heavy atom. The minimum absolute atomic E-state index is 0.460. The Morgan fingerprint density at radius 1 is 1.58 bits per heavy atom. The van der Waals surface area contributed by atoms with Crippen molar-refractivity contribution in [1.82, 2.24) is 0 Å². The van der Waals surface area contributed by atoms with Crippen LogP contribution in [0.2, 0.25) is 0 Å². The van der Waals surface area contributed by atoms with E-state index >= 15 is 0 Å². The molecule has 0 amide bonds. The Hall–Kier alpha value is -1.00. The van der Waals surface area contributed by atoms with Crippen LogP contribution in [0.1, 0.15) is 6.92 Å². The molecule has 0 fully saturated rings. The first-order chi connectivity index (χ1) is 5.65. The van der Waals surface area contributed by atoms with Gasteiger partial charge >= 0.3 is 0 Å². The monoisotopic (exact) mass is 184 g/mol. The van der Waals surface area contributed by atoms with E-state index in [9.17, 15) is 4.79 Å². The van der Waals surface area contributed by atoms with Gasteiger partial charge in [-0.05, 0) is 30.5 Å². The highest BCUT2D eigenvalue weighted by Crippen LogP contribution is 2.13. The SMILES string of the molecule is C=C/C(SN)=C(N)\C=C(/C)C=O. The average molecular weight is 184 g/mol. The summed E-state index contributed by atoms with van der Waals surface area (Å²) in [4.78, 5) is 10.9. The van der Waals surface area contributed by atoms with E-state index in [2.05, 4.69) is 6.58 Å². The molecule has 4 heteroatoms. The standard InChI is InChI=1S/C8H12N2OS/c1-3-8(12-10)7(9)4-6(2)5-11/h3-5H,1,9-10H2,2H3/b6-4+,8-7-. The van der Waals surface area contributed by atoms with Crippen LogP contribution in [0.25, 0.3) is 0 Å². The molecule has 0 radical (unpaired) electrons. The largest absolute Gasteiger partial charge is 0.398 e. The van der Waals surface area contributed by atoms with Gasteiger partial charge < -0.3 is 5.73 Å². The lowest BCUT2D eigenvalue weighted by atomic mass is 10.2. The molecular weight excluding hydrogens is 172 g/mol. The van der Waals surface area contributed by atoms with E-state index in [0.717, 1.165) is 18.2 Å². The van der Waals surface area contributed by atoms with Crippen molar-refractivity contribution in [2.24, 2.45) is 10.9 Å². The van der Waals surface area contributed by atoms with E-state index in [1.54, 1.807) is 19.1 Å². The normalized spacial score (nSPS) is 13.7. The quantitative estimate of drug-likeness (QED) is 0.297. The third-order valence-electron chi connectivity index (χ3n) is 1.17. The molecule has 12 heavy (non-hydrogen) atoms. The molecule has 0 aliphatic carbocycles. The predicted molar refractivity (Wildman–Crippen MR) is 53.0 cm³/mol. The number of hydrogen-bond donors (Lipinski definition) is 2. The van der Waals surface area contributed by atoms with Crippen LogP contribution < -0.4 is 10.9 Å². The van der Waals surface area contributed by atoms with E-state index < -0.39 is 0 Å². The molecule has 0 saturated heterocycles. The summed E-state index contributed by atoms with van der Waals surface area (Å²) in [6, 6.07) is 0. The van der Waals surface area contributed by atoms with Gasteiger partial charge in [0.05, 0.1) is 0 Å². The molecule has 0 bridgehead atoms. The van der Waals surface area contributed by atoms with Crippen molar-refractivity contribution in [3.63, 3.8) is 0 Å². The van der Waals surface area contributed by atoms with E-state index in [1.807, 2.05) is 0 Å². The summed E-state index contributed by atoms with van der Waals surface area (Å²) in [6.45, 7) is 5.20. The summed E-state index contributed by atoms with van der Waals surface area (Å²) in [6.07, 6.45) is 3.84. The van der Waals surface area contributed by atoms with Crippen molar-refractivity contribution in [1.29, 1.82) is 0 Å². The zero-order valence-corrected chi connectivity index (χ0v) is 7.73. The number of nitrogens with two attached hydrogens (primary N) is 2. The Kier molecular flexibility index (Phi) is 5.16. The highest BCUT2D eigenvalue weighted by Gasteiger charge is 1.95. The van der Waals surface area contributed by atoms with Gasteiger partial charge in [0.1, 0.15) is 6.29 Å². The Morgan fingerprint density at radius 3 is 2.50 bits per heavy atom. The predicted octanol–water partition coefficient (Wildman–Crippen LogP) is 1.09. The fraction of sp³-hybridized carbons (Fsp3) is 0.125. The topological polar surface area (TPSA) is 69.1 Å². The summed E-state index contributed by atoms with van der Waals surface area (Å²) in [5, 5.41) is 5.29. The second-order valence-electron chi connectivity index (χ2n) is 2.15. The molecule has 0 spiro atoms. The number of carbonyl (C=O) groups excluding carboxylic acids is 1. The number of hydrogen-bond acceptors (Lipinski definition) is 4. The molecule has 0 aromatic heterocycles. The zero-order valence-electron chi connectivity index (χ0n) is 6.91. The lowest BCUT2D eigenvalue weighted by Crippen LogP contribution is -1.99. The molecule has 0 saturated carbocycles. The first kappa shape index (κ1) is 11.0. The number of allylic oxidation sites excluding steroid dienone is 3. The van der Waals surface area contributed by atoms with E-state index in [4.69, 9.17) is 10.9 Å². The van der Waals surface area contributed by atoms with Gasteiger partial charge in [-0.3, -0.25) is 9.93 Å². The molecule has 66 valence electrons. The summed E-state index contributed by atoms with van der Waals surface area (Å²) in [5.74, 6) is 0. The fourth-order valence-corrected chi connectivity index (χ4v) is 0.876. The molecular formula is C8H12N2OS. The van der Waals surface area contributed by atoms with Crippen LogP contribution in [0.5, 0.6) is 0 Å². The van der Waals surface area contributed by atoms with Gasteiger partial charge in [0.15, 0.2) is 0 Å². The molecule has 0 rings (SSSR count). The van der Waals surface area contributed by atoms with Crippen molar-refractivity contribution in [3.05, 3.63) is 34.9 Å². The maximum Gasteiger partial charge on any atom is 0.145 e. The van der Waals surface area contributed by atoms with Gasteiger partial charge in [-0.2, -0.15) is 0 Å². The lowest BCUT2D eigenvalue weighted by molar-refractivity contribution is -0.104. The first-order valence-corrected chi connectivity index (χ1v) is 4.16. The Bertz CT molecular complexity index is 243. The van der Waals surface area contributed by atoms with Crippen LogP contribution in [-0.4, -0.2) is 6.29 Å². The number of aldehydes is 1. The van der Waals surface area contributed by atoms with Gasteiger partial charge in [0.25, 0.3) is 0 Å². The van der Waals surface area contributed by atoms with Gasteiger partial charge in [0.2, 0.25) is 0 Å². The summed E-state index contributed by atoms with van der Waals surface area (Å²) in [5.41, 5.74) is 6.60. The lowest BCUT2D eigenvalue weighted by Gasteiger charge is -1.99. The smallest absolute Gasteiger partial charge is 0.145 e. The first-order valence-electron chi connectivity index (χ1n) is 3.28. The van der Waals surface area contributed by atoms with Crippen molar-refractivity contribution < 1.29 is 4.79 Å². The van der Waals surface area contributed by atoms with Gasteiger partial charge in [-0.1, -0.05) is 12.7 Å². The van der Waals surface area contributed by atoms with Crippen molar-refractivity contribution >= 4 is 18.2 Å². The number of rotatable bonds is 4. The third kappa shape index (κ3) is 3.41. The van der Waals surface area contributed by atoms with Crippen LogP contribution in [0.3, 0.4) is 0 Å². The van der Waals surface area contributed by atoms with Crippen molar-refractivity contribution in [2.75, 3.05) is 0 Å². The molecule has 0 heterocycles.